The maximum Gasteiger partial charge on any atom is 0.293 e. The van der Waals surface area contributed by atoms with Crippen molar-refractivity contribution in [3.8, 4) is 5.69 Å². The number of rotatable bonds is 6. The number of thioether (sulfide) groups is 1. The molecule has 1 aromatic heterocycles. The lowest BCUT2D eigenvalue weighted by Gasteiger charge is -2.13. The lowest BCUT2D eigenvalue weighted by Crippen LogP contribution is -2.37. The van der Waals surface area contributed by atoms with E-state index in [9.17, 15) is 14.4 Å². The lowest BCUT2D eigenvalue weighted by atomic mass is 10.2. The molecule has 3 amide bonds. The zero-order valence-electron chi connectivity index (χ0n) is 17.1. The summed E-state index contributed by atoms with van der Waals surface area (Å²) in [6, 6.07) is 16.5. The smallest absolute Gasteiger partial charge is 0.293 e. The molecule has 1 aliphatic heterocycles. The van der Waals surface area contributed by atoms with Crippen molar-refractivity contribution in [1.82, 2.24) is 20.0 Å². The number of hydrogen-bond acceptors (Lipinski definition) is 5. The SMILES string of the molecule is Cc1c(C(=O)NCCN2C(=O)S/C(=C\c3ccccc3)C2=O)cnn1-c1cccc(Cl)c1. The van der Waals surface area contributed by atoms with Crippen molar-refractivity contribution in [2.45, 2.75) is 6.92 Å². The summed E-state index contributed by atoms with van der Waals surface area (Å²) in [5.74, 6) is -0.689. The van der Waals surface area contributed by atoms with E-state index in [1.165, 1.54) is 6.20 Å². The van der Waals surface area contributed by atoms with Gasteiger partial charge in [0.05, 0.1) is 28.0 Å². The third-order valence-electron chi connectivity index (χ3n) is 4.90. The Morgan fingerprint density at radius 2 is 1.94 bits per heavy atom. The van der Waals surface area contributed by atoms with Crippen molar-refractivity contribution >= 4 is 46.5 Å². The molecule has 7 nitrogen and oxygen atoms in total. The van der Waals surface area contributed by atoms with Crippen LogP contribution in [0, 0.1) is 6.92 Å². The summed E-state index contributed by atoms with van der Waals surface area (Å²) in [6.07, 6.45) is 3.17. The maximum atomic E-state index is 12.6. The largest absolute Gasteiger partial charge is 0.350 e. The molecular formula is C23H19ClN4O3S. The molecule has 162 valence electrons. The highest BCUT2D eigenvalue weighted by atomic mass is 35.5. The van der Waals surface area contributed by atoms with Crippen molar-refractivity contribution < 1.29 is 14.4 Å². The van der Waals surface area contributed by atoms with Crippen LogP contribution in [0.1, 0.15) is 21.6 Å². The minimum Gasteiger partial charge on any atom is -0.350 e. The van der Waals surface area contributed by atoms with E-state index in [1.807, 2.05) is 36.4 Å². The quantitative estimate of drug-likeness (QED) is 0.547. The summed E-state index contributed by atoms with van der Waals surface area (Å²) in [7, 11) is 0. The third kappa shape index (κ3) is 4.61. The monoisotopic (exact) mass is 466 g/mol. The Kier molecular flexibility index (Phi) is 6.43. The molecule has 2 aromatic carbocycles. The van der Waals surface area contributed by atoms with E-state index < -0.39 is 0 Å². The number of carbonyl (C=O) groups is 3. The lowest BCUT2D eigenvalue weighted by molar-refractivity contribution is -0.122. The molecule has 0 aliphatic carbocycles. The van der Waals surface area contributed by atoms with Gasteiger partial charge < -0.3 is 5.32 Å². The number of nitrogens with zero attached hydrogens (tertiary/aromatic N) is 3. The summed E-state index contributed by atoms with van der Waals surface area (Å²) < 4.78 is 1.63. The molecule has 1 fully saturated rings. The first-order valence-electron chi connectivity index (χ1n) is 9.83. The van der Waals surface area contributed by atoms with Crippen LogP contribution in [0.15, 0.2) is 65.7 Å². The molecule has 0 saturated carbocycles. The van der Waals surface area contributed by atoms with Gasteiger partial charge in [0.25, 0.3) is 17.1 Å². The van der Waals surface area contributed by atoms with Gasteiger partial charge in [-0.05, 0) is 48.5 Å². The van der Waals surface area contributed by atoms with Gasteiger partial charge in [-0.2, -0.15) is 5.10 Å². The van der Waals surface area contributed by atoms with Gasteiger partial charge in [-0.1, -0.05) is 48.0 Å². The van der Waals surface area contributed by atoms with E-state index in [-0.39, 0.29) is 30.1 Å². The number of hydrogen-bond donors (Lipinski definition) is 1. The summed E-state index contributed by atoms with van der Waals surface area (Å²) in [6.45, 7) is 2.01. The molecule has 0 bridgehead atoms. The van der Waals surface area contributed by atoms with Crippen molar-refractivity contribution in [1.29, 1.82) is 0 Å². The van der Waals surface area contributed by atoms with Gasteiger partial charge >= 0.3 is 0 Å². The minimum atomic E-state index is -0.358. The second kappa shape index (κ2) is 9.42. The highest BCUT2D eigenvalue weighted by molar-refractivity contribution is 8.18. The zero-order valence-corrected chi connectivity index (χ0v) is 18.7. The van der Waals surface area contributed by atoms with Crippen LogP contribution < -0.4 is 5.32 Å². The van der Waals surface area contributed by atoms with Crippen LogP contribution in [-0.4, -0.2) is 44.8 Å². The highest BCUT2D eigenvalue weighted by Gasteiger charge is 2.34. The molecular weight excluding hydrogens is 448 g/mol. The van der Waals surface area contributed by atoms with E-state index in [0.29, 0.717) is 21.2 Å². The van der Waals surface area contributed by atoms with E-state index >= 15 is 0 Å². The van der Waals surface area contributed by atoms with Gasteiger partial charge in [0.2, 0.25) is 0 Å². The summed E-state index contributed by atoms with van der Waals surface area (Å²) in [5.41, 5.74) is 2.65. The highest BCUT2D eigenvalue weighted by Crippen LogP contribution is 2.31. The normalized spacial score (nSPS) is 14.9. The van der Waals surface area contributed by atoms with Crippen LogP contribution in [0.2, 0.25) is 5.02 Å². The summed E-state index contributed by atoms with van der Waals surface area (Å²) in [4.78, 5) is 39.0. The van der Waals surface area contributed by atoms with E-state index in [0.717, 1.165) is 27.9 Å². The van der Waals surface area contributed by atoms with Crippen LogP contribution in [0.5, 0.6) is 0 Å². The fourth-order valence-electron chi connectivity index (χ4n) is 3.27. The number of halogens is 1. The Bertz CT molecular complexity index is 1220. The van der Waals surface area contributed by atoms with Gasteiger partial charge in [-0.15, -0.1) is 0 Å². The molecule has 32 heavy (non-hydrogen) atoms. The molecule has 1 N–H and O–H groups in total. The average molecular weight is 467 g/mol. The zero-order chi connectivity index (χ0) is 22.7. The molecule has 4 rings (SSSR count). The van der Waals surface area contributed by atoms with Gasteiger partial charge in [-0.25, -0.2) is 4.68 Å². The Morgan fingerprint density at radius 3 is 2.69 bits per heavy atom. The number of amides is 3. The molecule has 0 unspecified atom stereocenters. The number of imide groups is 1. The molecule has 9 heteroatoms. The molecule has 0 radical (unpaired) electrons. The predicted molar refractivity (Wildman–Crippen MR) is 125 cm³/mol. The maximum absolute atomic E-state index is 12.6. The molecule has 1 saturated heterocycles. The van der Waals surface area contributed by atoms with E-state index in [4.69, 9.17) is 11.6 Å². The molecule has 1 aliphatic rings. The van der Waals surface area contributed by atoms with Crippen LogP contribution in [0.3, 0.4) is 0 Å². The Labute approximate surface area is 194 Å². The van der Waals surface area contributed by atoms with Crippen LogP contribution in [-0.2, 0) is 4.79 Å². The second-order valence-corrected chi connectivity index (χ2v) is 8.46. The second-order valence-electron chi connectivity index (χ2n) is 7.04. The van der Waals surface area contributed by atoms with Crippen molar-refractivity contribution in [2.75, 3.05) is 13.1 Å². The van der Waals surface area contributed by atoms with E-state index in [2.05, 4.69) is 10.4 Å². The number of nitrogens with one attached hydrogen (secondary N) is 1. The summed E-state index contributed by atoms with van der Waals surface area (Å²) in [5, 5.41) is 7.25. The number of benzene rings is 2. The topological polar surface area (TPSA) is 84.3 Å². The van der Waals surface area contributed by atoms with Gasteiger partial charge in [0.1, 0.15) is 0 Å². The van der Waals surface area contributed by atoms with Crippen molar-refractivity contribution in [3.05, 3.63) is 87.5 Å². The third-order valence-corrected chi connectivity index (χ3v) is 6.04. The van der Waals surface area contributed by atoms with Crippen LogP contribution in [0.25, 0.3) is 11.8 Å². The summed E-state index contributed by atoms with van der Waals surface area (Å²) >= 11 is 6.94. The number of aromatic nitrogens is 2. The van der Waals surface area contributed by atoms with E-state index in [1.54, 1.807) is 35.9 Å². The van der Waals surface area contributed by atoms with Gasteiger partial charge in [-0.3, -0.25) is 19.3 Å². The van der Waals surface area contributed by atoms with Gasteiger partial charge in [0, 0.05) is 18.1 Å². The first kappa shape index (κ1) is 21.9. The van der Waals surface area contributed by atoms with Gasteiger partial charge in [0.15, 0.2) is 0 Å². The average Bonchev–Trinajstić information content (AvgIpc) is 3.29. The fourth-order valence-corrected chi connectivity index (χ4v) is 4.32. The first-order chi connectivity index (χ1) is 15.4. The minimum absolute atomic E-state index is 0.0873. The van der Waals surface area contributed by atoms with Crippen molar-refractivity contribution in [2.24, 2.45) is 0 Å². The molecule has 2 heterocycles. The number of carbonyl (C=O) groups excluding carboxylic acids is 3. The molecule has 3 aromatic rings. The first-order valence-corrected chi connectivity index (χ1v) is 11.0. The molecule has 0 spiro atoms. The van der Waals surface area contributed by atoms with Crippen LogP contribution >= 0.6 is 23.4 Å². The van der Waals surface area contributed by atoms with Crippen molar-refractivity contribution in [3.63, 3.8) is 0 Å². The standard InChI is InChI=1S/C23H19ClN4O3S/c1-15-19(14-26-28(15)18-9-5-8-17(24)13-18)21(29)25-10-11-27-22(30)20(32-23(27)31)12-16-6-3-2-4-7-16/h2-9,12-14H,10-11H2,1H3,(H,25,29)/b20-12-. The fraction of sp³-hybridized carbons (Fsp3) is 0.130. The predicted octanol–water partition coefficient (Wildman–Crippen LogP) is 4.30. The Morgan fingerprint density at radius 1 is 1.16 bits per heavy atom. The Hall–Kier alpha value is -3.36. The molecule has 0 atom stereocenters. The Balaban J connectivity index is 1.38. The van der Waals surface area contributed by atoms with Crippen LogP contribution in [0.4, 0.5) is 4.79 Å².